The molecule has 1 aliphatic rings. The van der Waals surface area contributed by atoms with Crippen LogP contribution in [0.2, 0.25) is 0 Å². The second kappa shape index (κ2) is 5.70. The van der Waals surface area contributed by atoms with E-state index in [0.29, 0.717) is 17.1 Å². The van der Waals surface area contributed by atoms with E-state index in [2.05, 4.69) is 10.6 Å². The van der Waals surface area contributed by atoms with Gasteiger partial charge >= 0.3 is 6.03 Å². The van der Waals surface area contributed by atoms with E-state index in [1.807, 2.05) is 0 Å². The third-order valence-corrected chi connectivity index (χ3v) is 3.17. The maximum Gasteiger partial charge on any atom is 0.320 e. The zero-order chi connectivity index (χ0) is 15.6. The number of nitrogens with one attached hydrogen (secondary N) is 2. The van der Waals surface area contributed by atoms with Crippen LogP contribution in [-0.4, -0.2) is 25.2 Å². The first-order valence-electron chi connectivity index (χ1n) is 6.12. The normalized spacial score (nSPS) is 17.9. The number of nitrogens with zero attached hydrogens (tertiary/aromatic N) is 1. The molecule has 0 aliphatic carbocycles. The molecule has 0 saturated carbocycles. The Labute approximate surface area is 120 Å². The van der Waals surface area contributed by atoms with Gasteiger partial charge in [0.05, 0.1) is 24.8 Å². The van der Waals surface area contributed by atoms with E-state index in [1.165, 1.54) is 21.1 Å². The summed E-state index contributed by atoms with van der Waals surface area (Å²) >= 11 is 0. The van der Waals surface area contributed by atoms with Crippen molar-refractivity contribution in [1.29, 1.82) is 0 Å². The fourth-order valence-corrected chi connectivity index (χ4v) is 2.20. The van der Waals surface area contributed by atoms with Gasteiger partial charge in [0, 0.05) is 0 Å². The molecule has 1 aromatic carbocycles. The summed E-state index contributed by atoms with van der Waals surface area (Å²) in [5, 5.41) is 16.2. The number of benzene rings is 1. The van der Waals surface area contributed by atoms with E-state index in [1.54, 1.807) is 18.2 Å². The lowest BCUT2D eigenvalue weighted by atomic mass is 10.0. The number of hydrogen-bond acceptors (Lipinski definition) is 5. The van der Waals surface area contributed by atoms with Crippen molar-refractivity contribution in [3.05, 3.63) is 45.3 Å². The summed E-state index contributed by atoms with van der Waals surface area (Å²) in [6, 6.07) is 3.54. The van der Waals surface area contributed by atoms with Gasteiger partial charge in [0.2, 0.25) is 0 Å². The van der Waals surface area contributed by atoms with E-state index in [0.717, 1.165) is 0 Å². The molecule has 1 aromatic rings. The molecular formula is C13H15N3O5. The Hall–Kier alpha value is -2.77. The van der Waals surface area contributed by atoms with Crippen LogP contribution in [0.25, 0.3) is 0 Å². The first-order chi connectivity index (χ1) is 9.97. The van der Waals surface area contributed by atoms with Crippen molar-refractivity contribution in [3.63, 3.8) is 0 Å². The molecule has 0 aromatic heterocycles. The number of urea groups is 1. The molecule has 0 fully saturated rings. The predicted octanol–water partition coefficient (Wildman–Crippen LogP) is 1.57. The molecule has 112 valence electrons. The number of amides is 2. The number of allylic oxidation sites excluding steroid dienone is 1. The number of ether oxygens (including phenoxy) is 2. The van der Waals surface area contributed by atoms with Crippen LogP contribution in [0.5, 0.6) is 11.5 Å². The number of nitro groups is 1. The predicted molar refractivity (Wildman–Crippen MR) is 73.6 cm³/mol. The summed E-state index contributed by atoms with van der Waals surface area (Å²) < 4.78 is 10.3. The molecule has 0 unspecified atom stereocenters. The smallest absolute Gasteiger partial charge is 0.320 e. The average molecular weight is 293 g/mol. The lowest BCUT2D eigenvalue weighted by Crippen LogP contribution is -2.45. The molecule has 0 radical (unpaired) electrons. The molecule has 0 saturated heterocycles. The van der Waals surface area contributed by atoms with Gasteiger partial charge in [0.15, 0.2) is 11.5 Å². The number of rotatable bonds is 4. The zero-order valence-electron chi connectivity index (χ0n) is 11.8. The number of carbonyl (C=O) groups excluding carboxylic acids is 1. The van der Waals surface area contributed by atoms with Gasteiger partial charge < -0.3 is 20.1 Å². The molecule has 8 heteroatoms. The van der Waals surface area contributed by atoms with E-state index >= 15 is 0 Å². The van der Waals surface area contributed by atoms with Gasteiger partial charge in [-0.2, -0.15) is 0 Å². The SMILES string of the molecule is COc1ccc([C@H]2NC(=O)NC(C)=C2[N+](=O)[O-])cc1OC. The van der Waals surface area contributed by atoms with Crippen LogP contribution in [0.4, 0.5) is 4.79 Å². The largest absolute Gasteiger partial charge is 0.493 e. The van der Waals surface area contributed by atoms with Crippen molar-refractivity contribution < 1.29 is 19.2 Å². The molecule has 8 nitrogen and oxygen atoms in total. The van der Waals surface area contributed by atoms with Crippen molar-refractivity contribution >= 4 is 6.03 Å². The highest BCUT2D eigenvalue weighted by Crippen LogP contribution is 2.33. The minimum atomic E-state index is -0.853. The molecular weight excluding hydrogens is 278 g/mol. The Bertz CT molecular complexity index is 626. The van der Waals surface area contributed by atoms with Gasteiger partial charge in [-0.3, -0.25) is 10.1 Å². The van der Waals surface area contributed by atoms with Crippen molar-refractivity contribution in [3.8, 4) is 11.5 Å². The average Bonchev–Trinajstić information content (AvgIpc) is 2.45. The monoisotopic (exact) mass is 293 g/mol. The Morgan fingerprint density at radius 3 is 2.48 bits per heavy atom. The van der Waals surface area contributed by atoms with Crippen LogP contribution in [0.1, 0.15) is 18.5 Å². The standard InChI is InChI=1S/C13H15N3O5/c1-7-12(16(18)19)11(15-13(17)14-7)8-4-5-9(20-2)10(6-8)21-3/h4-6,11H,1-3H3,(H2,14,15,17)/t11-/m1/s1. The summed E-state index contributed by atoms with van der Waals surface area (Å²) in [5.41, 5.74) is 0.638. The highest BCUT2D eigenvalue weighted by atomic mass is 16.6. The minimum absolute atomic E-state index is 0.109. The molecule has 0 bridgehead atoms. The highest BCUT2D eigenvalue weighted by Gasteiger charge is 2.35. The van der Waals surface area contributed by atoms with E-state index in [4.69, 9.17) is 9.47 Å². The van der Waals surface area contributed by atoms with Gasteiger partial charge in [-0.15, -0.1) is 0 Å². The molecule has 1 heterocycles. The lowest BCUT2D eigenvalue weighted by molar-refractivity contribution is -0.432. The molecule has 0 spiro atoms. The second-order valence-corrected chi connectivity index (χ2v) is 4.41. The Morgan fingerprint density at radius 1 is 1.24 bits per heavy atom. The van der Waals surface area contributed by atoms with Crippen molar-refractivity contribution in [2.45, 2.75) is 13.0 Å². The first-order valence-corrected chi connectivity index (χ1v) is 6.12. The fourth-order valence-electron chi connectivity index (χ4n) is 2.20. The zero-order valence-corrected chi connectivity index (χ0v) is 11.8. The second-order valence-electron chi connectivity index (χ2n) is 4.41. The maximum absolute atomic E-state index is 11.6. The summed E-state index contributed by atoms with van der Waals surface area (Å²) in [5.74, 6) is 0.938. The fraction of sp³-hybridized carbons (Fsp3) is 0.308. The number of carbonyl (C=O) groups is 1. The van der Waals surface area contributed by atoms with Gasteiger partial charge in [-0.1, -0.05) is 6.07 Å². The third kappa shape index (κ3) is 2.73. The lowest BCUT2D eigenvalue weighted by Gasteiger charge is -2.24. The van der Waals surface area contributed by atoms with E-state index < -0.39 is 17.0 Å². The molecule has 2 amide bonds. The molecule has 2 rings (SSSR count). The molecule has 1 aliphatic heterocycles. The van der Waals surface area contributed by atoms with Gasteiger partial charge in [-0.25, -0.2) is 4.79 Å². The number of methoxy groups -OCH3 is 2. The molecule has 2 N–H and O–H groups in total. The van der Waals surface area contributed by atoms with Gasteiger partial charge in [-0.05, 0) is 24.6 Å². The minimum Gasteiger partial charge on any atom is -0.493 e. The Kier molecular flexibility index (Phi) is 3.97. The maximum atomic E-state index is 11.6. The summed E-state index contributed by atoms with van der Waals surface area (Å²) in [4.78, 5) is 22.3. The van der Waals surface area contributed by atoms with Crippen LogP contribution >= 0.6 is 0 Å². The van der Waals surface area contributed by atoms with Crippen LogP contribution < -0.4 is 20.1 Å². The topological polar surface area (TPSA) is 103 Å². The summed E-state index contributed by atoms with van der Waals surface area (Å²) in [7, 11) is 2.97. The highest BCUT2D eigenvalue weighted by molar-refractivity contribution is 5.78. The summed E-state index contributed by atoms with van der Waals surface area (Å²) in [6.07, 6.45) is 0. The van der Waals surface area contributed by atoms with E-state index in [9.17, 15) is 14.9 Å². The van der Waals surface area contributed by atoms with E-state index in [-0.39, 0.29) is 11.4 Å². The van der Waals surface area contributed by atoms with Crippen molar-refractivity contribution in [1.82, 2.24) is 10.6 Å². The first kappa shape index (κ1) is 14.6. The van der Waals surface area contributed by atoms with Crippen LogP contribution in [0, 0.1) is 10.1 Å². The Morgan fingerprint density at radius 2 is 1.90 bits per heavy atom. The molecule has 1 atom stereocenters. The molecule has 21 heavy (non-hydrogen) atoms. The van der Waals surface area contributed by atoms with Gasteiger partial charge in [0.25, 0.3) is 5.70 Å². The quantitative estimate of drug-likeness (QED) is 0.648. The number of hydrogen-bond donors (Lipinski definition) is 2. The summed E-state index contributed by atoms with van der Waals surface area (Å²) in [6.45, 7) is 1.49. The van der Waals surface area contributed by atoms with Crippen molar-refractivity contribution in [2.24, 2.45) is 0 Å². The third-order valence-electron chi connectivity index (χ3n) is 3.17. The Balaban J connectivity index is 2.50. The van der Waals surface area contributed by atoms with Gasteiger partial charge in [0.1, 0.15) is 6.04 Å². The van der Waals surface area contributed by atoms with Crippen LogP contribution in [0.15, 0.2) is 29.6 Å². The van der Waals surface area contributed by atoms with Crippen LogP contribution in [-0.2, 0) is 0 Å². The van der Waals surface area contributed by atoms with Crippen molar-refractivity contribution in [2.75, 3.05) is 14.2 Å². The van der Waals surface area contributed by atoms with Crippen LogP contribution in [0.3, 0.4) is 0 Å².